The van der Waals surface area contributed by atoms with Crippen LogP contribution in [0.15, 0.2) is 71.9 Å². The Hall–Kier alpha value is -2.70. The number of sulfonamides is 1. The van der Waals surface area contributed by atoms with Gasteiger partial charge in [0.05, 0.1) is 13.2 Å². The van der Waals surface area contributed by atoms with Crippen LogP contribution < -0.4 is 4.74 Å². The van der Waals surface area contributed by atoms with Gasteiger partial charge in [-0.2, -0.15) is 4.31 Å². The van der Waals surface area contributed by atoms with Crippen molar-refractivity contribution in [2.75, 3.05) is 13.7 Å². The molecule has 1 aliphatic heterocycles. The zero-order chi connectivity index (χ0) is 19.7. The van der Waals surface area contributed by atoms with Gasteiger partial charge in [0.15, 0.2) is 0 Å². The number of aryl methyl sites for hydroxylation is 1. The van der Waals surface area contributed by atoms with Crippen molar-refractivity contribution >= 4 is 10.0 Å². The lowest BCUT2D eigenvalue weighted by Crippen LogP contribution is -2.40. The number of pyridine rings is 1. The third-order valence-electron chi connectivity index (χ3n) is 5.17. The van der Waals surface area contributed by atoms with Gasteiger partial charge in [-0.15, -0.1) is 0 Å². The molecule has 0 fully saturated rings. The second-order valence-electron chi connectivity index (χ2n) is 6.90. The molecule has 144 valence electrons. The van der Waals surface area contributed by atoms with Gasteiger partial charge in [-0.1, -0.05) is 30.3 Å². The van der Waals surface area contributed by atoms with E-state index in [1.165, 1.54) is 12.7 Å². The van der Waals surface area contributed by atoms with E-state index in [-0.39, 0.29) is 4.90 Å². The van der Waals surface area contributed by atoms with Crippen LogP contribution in [0.2, 0.25) is 0 Å². The van der Waals surface area contributed by atoms with Crippen molar-refractivity contribution in [3.05, 3.63) is 89.2 Å². The second-order valence-corrected chi connectivity index (χ2v) is 8.76. The number of benzene rings is 2. The standard InChI is InChI=1S/C22H22N2O3S/c1-16-7-8-20(27-2)21(15-16)28(25,26)24-14-11-17-5-3-4-6-19(17)22(24)18-9-12-23-13-10-18/h3-10,12-13,15,22H,11,14H2,1-2H3. The van der Waals surface area contributed by atoms with E-state index in [9.17, 15) is 8.42 Å². The van der Waals surface area contributed by atoms with Gasteiger partial charge in [0.1, 0.15) is 10.6 Å². The summed E-state index contributed by atoms with van der Waals surface area (Å²) in [5.74, 6) is 0.359. The smallest absolute Gasteiger partial charge is 0.247 e. The number of nitrogens with zero attached hydrogens (tertiary/aromatic N) is 2. The van der Waals surface area contributed by atoms with E-state index in [1.807, 2.05) is 43.3 Å². The number of rotatable bonds is 4. The molecule has 0 aliphatic carbocycles. The van der Waals surface area contributed by atoms with Gasteiger partial charge in [0.2, 0.25) is 10.0 Å². The van der Waals surface area contributed by atoms with Crippen molar-refractivity contribution in [1.29, 1.82) is 0 Å². The lowest BCUT2D eigenvalue weighted by atomic mass is 9.90. The van der Waals surface area contributed by atoms with Gasteiger partial charge in [-0.25, -0.2) is 8.42 Å². The molecule has 6 heteroatoms. The molecular formula is C22H22N2O3S. The molecule has 1 aromatic heterocycles. The molecule has 0 radical (unpaired) electrons. The molecule has 0 saturated carbocycles. The molecule has 0 amide bonds. The van der Waals surface area contributed by atoms with Crippen molar-refractivity contribution < 1.29 is 13.2 Å². The van der Waals surface area contributed by atoms with E-state index in [2.05, 4.69) is 11.1 Å². The Morgan fingerprint density at radius 3 is 2.57 bits per heavy atom. The van der Waals surface area contributed by atoms with Crippen molar-refractivity contribution in [3.63, 3.8) is 0 Å². The molecule has 28 heavy (non-hydrogen) atoms. The van der Waals surface area contributed by atoms with Crippen LogP contribution in [0.4, 0.5) is 0 Å². The number of fused-ring (bicyclic) bond motifs is 1. The van der Waals surface area contributed by atoms with E-state index >= 15 is 0 Å². The van der Waals surface area contributed by atoms with Crippen LogP contribution in [0.25, 0.3) is 0 Å². The Bertz CT molecular complexity index is 1100. The van der Waals surface area contributed by atoms with Crippen LogP contribution >= 0.6 is 0 Å². The zero-order valence-corrected chi connectivity index (χ0v) is 16.7. The zero-order valence-electron chi connectivity index (χ0n) is 15.9. The van der Waals surface area contributed by atoms with Gasteiger partial charge in [0, 0.05) is 18.9 Å². The lowest BCUT2D eigenvalue weighted by molar-refractivity contribution is 0.339. The first-order valence-electron chi connectivity index (χ1n) is 9.16. The van der Waals surface area contributed by atoms with Crippen molar-refractivity contribution in [1.82, 2.24) is 9.29 Å². The van der Waals surface area contributed by atoms with Gasteiger partial charge < -0.3 is 4.74 Å². The fourth-order valence-electron chi connectivity index (χ4n) is 3.81. The molecule has 0 bridgehead atoms. The molecular weight excluding hydrogens is 372 g/mol. The van der Waals surface area contributed by atoms with Crippen LogP contribution in [-0.2, 0) is 16.4 Å². The lowest BCUT2D eigenvalue weighted by Gasteiger charge is -2.37. The molecule has 0 spiro atoms. The van der Waals surface area contributed by atoms with Gasteiger partial charge in [0.25, 0.3) is 0 Å². The minimum absolute atomic E-state index is 0.202. The van der Waals surface area contributed by atoms with Crippen LogP contribution in [0.5, 0.6) is 5.75 Å². The highest BCUT2D eigenvalue weighted by atomic mass is 32.2. The average Bonchev–Trinajstić information content (AvgIpc) is 2.73. The number of hydrogen-bond donors (Lipinski definition) is 0. The highest BCUT2D eigenvalue weighted by Crippen LogP contribution is 2.40. The second kappa shape index (κ2) is 7.37. The van der Waals surface area contributed by atoms with Gasteiger partial charge >= 0.3 is 0 Å². The normalized spacial score (nSPS) is 17.1. The molecule has 2 aromatic carbocycles. The van der Waals surface area contributed by atoms with Crippen LogP contribution in [0.1, 0.15) is 28.3 Å². The topological polar surface area (TPSA) is 59.5 Å². The maximum absolute atomic E-state index is 13.7. The fraction of sp³-hybridized carbons (Fsp3) is 0.227. The highest BCUT2D eigenvalue weighted by molar-refractivity contribution is 7.89. The monoisotopic (exact) mass is 394 g/mol. The summed E-state index contributed by atoms with van der Waals surface area (Å²) >= 11 is 0. The summed E-state index contributed by atoms with van der Waals surface area (Å²) < 4.78 is 34.4. The first-order chi connectivity index (χ1) is 13.5. The van der Waals surface area contributed by atoms with Crippen molar-refractivity contribution in [2.45, 2.75) is 24.3 Å². The molecule has 1 unspecified atom stereocenters. The summed E-state index contributed by atoms with van der Waals surface area (Å²) in [6.07, 6.45) is 4.07. The van der Waals surface area contributed by atoms with Gasteiger partial charge in [-0.05, 0) is 59.9 Å². The maximum atomic E-state index is 13.7. The van der Waals surface area contributed by atoms with Crippen molar-refractivity contribution in [2.24, 2.45) is 0 Å². The molecule has 1 aliphatic rings. The minimum Gasteiger partial charge on any atom is -0.495 e. The highest BCUT2D eigenvalue weighted by Gasteiger charge is 2.38. The Morgan fingerprint density at radius 1 is 1.07 bits per heavy atom. The Kier molecular flexibility index (Phi) is 4.91. The third-order valence-corrected chi connectivity index (χ3v) is 7.05. The molecule has 0 N–H and O–H groups in total. The van der Waals surface area contributed by atoms with E-state index in [0.29, 0.717) is 18.7 Å². The molecule has 0 saturated heterocycles. The molecule has 1 atom stereocenters. The van der Waals surface area contributed by atoms with E-state index in [4.69, 9.17) is 4.74 Å². The summed E-state index contributed by atoms with van der Waals surface area (Å²) in [7, 11) is -2.28. The molecule has 5 nitrogen and oxygen atoms in total. The fourth-order valence-corrected chi connectivity index (χ4v) is 5.64. The van der Waals surface area contributed by atoms with Crippen LogP contribution in [0, 0.1) is 6.92 Å². The summed E-state index contributed by atoms with van der Waals surface area (Å²) in [4.78, 5) is 4.29. The summed E-state index contributed by atoms with van der Waals surface area (Å²) in [6, 6.07) is 16.6. The SMILES string of the molecule is COc1ccc(C)cc1S(=O)(=O)N1CCc2ccccc2C1c1ccncc1. The van der Waals surface area contributed by atoms with E-state index in [0.717, 1.165) is 16.7 Å². The third kappa shape index (κ3) is 3.19. The van der Waals surface area contributed by atoms with Gasteiger partial charge in [-0.3, -0.25) is 4.98 Å². The molecule has 4 rings (SSSR count). The van der Waals surface area contributed by atoms with Crippen LogP contribution in [-0.4, -0.2) is 31.4 Å². The van der Waals surface area contributed by atoms with E-state index in [1.54, 1.807) is 28.8 Å². The van der Waals surface area contributed by atoms with Crippen LogP contribution in [0.3, 0.4) is 0 Å². The number of methoxy groups -OCH3 is 1. The largest absolute Gasteiger partial charge is 0.495 e. The maximum Gasteiger partial charge on any atom is 0.247 e. The number of aromatic nitrogens is 1. The summed E-state index contributed by atoms with van der Waals surface area (Å²) in [5.41, 5.74) is 3.96. The summed E-state index contributed by atoms with van der Waals surface area (Å²) in [5, 5.41) is 0. The van der Waals surface area contributed by atoms with Crippen molar-refractivity contribution in [3.8, 4) is 5.75 Å². The van der Waals surface area contributed by atoms with E-state index < -0.39 is 16.1 Å². The Morgan fingerprint density at radius 2 is 1.82 bits per heavy atom. The number of ether oxygens (including phenoxy) is 1. The average molecular weight is 394 g/mol. The number of hydrogen-bond acceptors (Lipinski definition) is 4. The first-order valence-corrected chi connectivity index (χ1v) is 10.6. The minimum atomic E-state index is -3.78. The quantitative estimate of drug-likeness (QED) is 0.676. The summed E-state index contributed by atoms with van der Waals surface area (Å²) in [6.45, 7) is 2.29. The molecule has 3 aromatic rings. The molecule has 2 heterocycles. The Labute approximate surface area is 165 Å². The first kappa shape index (κ1) is 18.7. The predicted molar refractivity (Wildman–Crippen MR) is 108 cm³/mol. The Balaban J connectivity index is 1.90. The predicted octanol–water partition coefficient (Wildman–Crippen LogP) is 3.74.